The Balaban J connectivity index is 0.00000312. The molecule has 0 unspecified atom stereocenters. The molecule has 1 aliphatic rings. The monoisotopic (exact) mass is 498 g/mol. The number of hydrogen-bond donors (Lipinski definition) is 1. The Morgan fingerprint density at radius 2 is 2.04 bits per heavy atom. The van der Waals surface area contributed by atoms with Crippen LogP contribution in [0.25, 0.3) is 0 Å². The van der Waals surface area contributed by atoms with E-state index in [1.807, 2.05) is 31.0 Å². The van der Waals surface area contributed by atoms with Gasteiger partial charge in [0.25, 0.3) is 0 Å². The van der Waals surface area contributed by atoms with Crippen LogP contribution in [0.1, 0.15) is 31.1 Å². The predicted octanol–water partition coefficient (Wildman–Crippen LogP) is 2.96. The number of carbonyl (C=O) groups is 2. The molecule has 1 aliphatic heterocycles. The predicted molar refractivity (Wildman–Crippen MR) is 113 cm³/mol. The molecule has 2 amide bonds. The second kappa shape index (κ2) is 11.0. The fraction of sp³-hybridized carbons (Fsp3) is 0.562. The number of halogens is 2. The van der Waals surface area contributed by atoms with Crippen LogP contribution in [0.5, 0.6) is 0 Å². The number of guanidine groups is 1. The van der Waals surface area contributed by atoms with Gasteiger partial charge in [0.2, 0.25) is 11.8 Å². The zero-order valence-electron chi connectivity index (χ0n) is 14.5. The number of piperidine rings is 1. The van der Waals surface area contributed by atoms with E-state index in [2.05, 4.69) is 10.3 Å². The van der Waals surface area contributed by atoms with E-state index in [1.165, 1.54) is 4.90 Å². The molecule has 9 heteroatoms. The zero-order valence-corrected chi connectivity index (χ0v) is 18.4. The third kappa shape index (κ3) is 6.74. The molecule has 1 aromatic rings. The van der Waals surface area contributed by atoms with Crippen LogP contribution in [-0.4, -0.2) is 54.3 Å². The first kappa shape index (κ1) is 22.2. The molecule has 0 aromatic carbocycles. The molecule has 0 atom stereocenters. The molecule has 0 radical (unpaired) electrons. The molecule has 1 N–H and O–H groups in total. The van der Waals surface area contributed by atoms with Gasteiger partial charge in [-0.2, -0.15) is 0 Å². The number of imide groups is 1. The molecule has 0 spiro atoms. The summed E-state index contributed by atoms with van der Waals surface area (Å²) in [4.78, 5) is 32.6. The van der Waals surface area contributed by atoms with Crippen molar-refractivity contribution in [1.29, 1.82) is 0 Å². The van der Waals surface area contributed by atoms with Crippen molar-refractivity contribution in [3.63, 3.8) is 0 Å². The molecule has 1 saturated heterocycles. The number of nitrogens with zero attached hydrogens (tertiary/aromatic N) is 3. The van der Waals surface area contributed by atoms with Gasteiger partial charge in [-0.05, 0) is 25.5 Å². The second-order valence-electron chi connectivity index (χ2n) is 5.59. The van der Waals surface area contributed by atoms with E-state index in [-0.39, 0.29) is 35.8 Å². The van der Waals surface area contributed by atoms with Crippen LogP contribution in [0.15, 0.2) is 17.1 Å². The maximum atomic E-state index is 11.8. The van der Waals surface area contributed by atoms with Gasteiger partial charge in [-0.3, -0.25) is 19.5 Å². The summed E-state index contributed by atoms with van der Waals surface area (Å²) in [7, 11) is 1.95. The van der Waals surface area contributed by atoms with E-state index in [4.69, 9.17) is 11.6 Å². The third-order valence-corrected chi connectivity index (χ3v) is 4.90. The summed E-state index contributed by atoms with van der Waals surface area (Å²) in [5.74, 6) is 0.569. The van der Waals surface area contributed by atoms with Gasteiger partial charge in [0.1, 0.15) is 0 Å². The third-order valence-electron chi connectivity index (χ3n) is 3.69. The number of nitrogens with one attached hydrogen (secondary N) is 1. The van der Waals surface area contributed by atoms with E-state index < -0.39 is 0 Å². The maximum Gasteiger partial charge on any atom is 0.229 e. The van der Waals surface area contributed by atoms with Crippen molar-refractivity contribution in [3.8, 4) is 0 Å². The maximum absolute atomic E-state index is 11.8. The Kier molecular flexibility index (Phi) is 9.73. The van der Waals surface area contributed by atoms with E-state index in [0.717, 1.165) is 21.7 Å². The first-order chi connectivity index (χ1) is 11.5. The summed E-state index contributed by atoms with van der Waals surface area (Å²) in [5.41, 5.74) is 0. The molecule has 0 aliphatic carbocycles. The lowest BCUT2D eigenvalue weighted by Crippen LogP contribution is -2.42. The first-order valence-corrected chi connectivity index (χ1v) is 9.27. The standard InChI is InChI=1S/C16H23ClN4O2S.HI/c1-3-18-16(20(2)11-12-7-8-13(17)24-12)19-9-10-21-14(22)5-4-6-15(21)23;/h7-8H,3-6,9-11H2,1-2H3,(H,18,19);1H. The smallest absolute Gasteiger partial charge is 0.229 e. The summed E-state index contributed by atoms with van der Waals surface area (Å²) in [6.07, 6.45) is 1.56. The van der Waals surface area contributed by atoms with Gasteiger partial charge in [-0.15, -0.1) is 35.3 Å². The summed E-state index contributed by atoms with van der Waals surface area (Å²) in [6.45, 7) is 4.18. The number of thiophene rings is 1. The van der Waals surface area contributed by atoms with Crippen molar-refractivity contribution >= 4 is 64.7 Å². The highest BCUT2D eigenvalue weighted by Crippen LogP contribution is 2.22. The van der Waals surface area contributed by atoms with E-state index in [0.29, 0.717) is 38.9 Å². The Hall–Kier alpha value is -0.870. The molecule has 140 valence electrons. The summed E-state index contributed by atoms with van der Waals surface area (Å²) >= 11 is 7.51. The fourth-order valence-electron chi connectivity index (χ4n) is 2.52. The molecule has 6 nitrogen and oxygen atoms in total. The minimum absolute atomic E-state index is 0. The van der Waals surface area contributed by atoms with Crippen molar-refractivity contribution in [2.24, 2.45) is 4.99 Å². The fourth-order valence-corrected chi connectivity index (χ4v) is 3.66. The lowest BCUT2D eigenvalue weighted by molar-refractivity contribution is -0.147. The molecule has 1 fully saturated rings. The molecule has 0 saturated carbocycles. The van der Waals surface area contributed by atoms with Crippen molar-refractivity contribution in [2.45, 2.75) is 32.7 Å². The highest BCUT2D eigenvalue weighted by Gasteiger charge is 2.25. The molecule has 2 rings (SSSR count). The van der Waals surface area contributed by atoms with Gasteiger partial charge >= 0.3 is 0 Å². The van der Waals surface area contributed by atoms with E-state index in [1.54, 1.807) is 11.3 Å². The summed E-state index contributed by atoms with van der Waals surface area (Å²) < 4.78 is 0.766. The Labute approximate surface area is 174 Å². The molecular weight excluding hydrogens is 475 g/mol. The van der Waals surface area contributed by atoms with Gasteiger partial charge < -0.3 is 10.2 Å². The summed E-state index contributed by atoms with van der Waals surface area (Å²) in [5, 5.41) is 3.23. The first-order valence-electron chi connectivity index (χ1n) is 8.08. The highest BCUT2D eigenvalue weighted by atomic mass is 127. The van der Waals surface area contributed by atoms with Crippen molar-refractivity contribution < 1.29 is 9.59 Å². The van der Waals surface area contributed by atoms with Gasteiger partial charge in [0.15, 0.2) is 5.96 Å². The largest absolute Gasteiger partial charge is 0.357 e. The van der Waals surface area contributed by atoms with Crippen molar-refractivity contribution in [1.82, 2.24) is 15.1 Å². The quantitative estimate of drug-likeness (QED) is 0.283. The Bertz CT molecular complexity index is 607. The van der Waals surface area contributed by atoms with Crippen LogP contribution in [0.3, 0.4) is 0 Å². The Morgan fingerprint density at radius 1 is 1.36 bits per heavy atom. The highest BCUT2D eigenvalue weighted by molar-refractivity contribution is 14.0. The van der Waals surface area contributed by atoms with E-state index in [9.17, 15) is 9.59 Å². The van der Waals surface area contributed by atoms with Crippen LogP contribution >= 0.6 is 46.9 Å². The molecular formula is C16H24ClIN4O2S. The lowest BCUT2D eigenvalue weighted by Gasteiger charge is -2.25. The van der Waals surface area contributed by atoms with Crippen LogP contribution in [0.2, 0.25) is 4.34 Å². The van der Waals surface area contributed by atoms with Gasteiger partial charge in [0, 0.05) is 37.9 Å². The molecule has 2 heterocycles. The van der Waals surface area contributed by atoms with Crippen LogP contribution in [0.4, 0.5) is 0 Å². The normalized spacial score (nSPS) is 15.2. The van der Waals surface area contributed by atoms with Gasteiger partial charge in [0.05, 0.1) is 17.4 Å². The molecule has 0 bridgehead atoms. The van der Waals surface area contributed by atoms with Crippen LogP contribution in [0, 0.1) is 0 Å². The van der Waals surface area contributed by atoms with Crippen LogP contribution in [-0.2, 0) is 16.1 Å². The van der Waals surface area contributed by atoms with Crippen LogP contribution < -0.4 is 5.32 Å². The van der Waals surface area contributed by atoms with Gasteiger partial charge in [-0.25, -0.2) is 0 Å². The lowest BCUT2D eigenvalue weighted by atomic mass is 10.1. The molecule has 1 aromatic heterocycles. The zero-order chi connectivity index (χ0) is 17.5. The Morgan fingerprint density at radius 3 is 2.60 bits per heavy atom. The number of hydrogen-bond acceptors (Lipinski definition) is 4. The average Bonchev–Trinajstić information content (AvgIpc) is 2.94. The number of amides is 2. The average molecular weight is 499 g/mol. The minimum atomic E-state index is -0.0898. The number of rotatable bonds is 6. The number of likely N-dealkylation sites (tertiary alicyclic amines) is 1. The van der Waals surface area contributed by atoms with E-state index >= 15 is 0 Å². The number of carbonyl (C=O) groups excluding carboxylic acids is 2. The van der Waals surface area contributed by atoms with Gasteiger partial charge in [-0.1, -0.05) is 11.6 Å². The SMILES string of the molecule is CCNC(=NCCN1C(=O)CCCC1=O)N(C)Cc1ccc(Cl)s1.I. The molecule has 25 heavy (non-hydrogen) atoms. The summed E-state index contributed by atoms with van der Waals surface area (Å²) in [6, 6.07) is 3.88. The second-order valence-corrected chi connectivity index (χ2v) is 7.39. The topological polar surface area (TPSA) is 65.0 Å². The minimum Gasteiger partial charge on any atom is -0.357 e. The number of aliphatic imine (C=N–C) groups is 1. The van der Waals surface area contributed by atoms with Crippen molar-refractivity contribution in [2.75, 3.05) is 26.7 Å². The van der Waals surface area contributed by atoms with Crippen molar-refractivity contribution in [3.05, 3.63) is 21.3 Å².